The minimum Gasteiger partial charge on any atom is -0.192 e. The van der Waals surface area contributed by atoms with Crippen molar-refractivity contribution in [3.05, 3.63) is 42.7 Å². The standard InChI is InChI=1S/C17H18BrNS2/c1-2-3-4-5-7-13-10-15(21-17(13)18)11-14(12-19)16-8-6-9-20-16/h6,8-11H,2-5,7H2,1H3/b14-11+. The molecule has 0 atom stereocenters. The number of rotatable bonds is 7. The lowest BCUT2D eigenvalue weighted by Crippen LogP contribution is -1.83. The highest BCUT2D eigenvalue weighted by molar-refractivity contribution is 9.11. The molecule has 0 unspecified atom stereocenters. The first-order valence-corrected chi connectivity index (χ1v) is 9.67. The molecule has 2 aromatic rings. The van der Waals surface area contributed by atoms with Crippen molar-refractivity contribution in [1.29, 1.82) is 5.26 Å². The molecule has 0 radical (unpaired) electrons. The van der Waals surface area contributed by atoms with Crippen molar-refractivity contribution in [3.63, 3.8) is 0 Å². The third-order valence-electron chi connectivity index (χ3n) is 3.27. The van der Waals surface area contributed by atoms with Crippen LogP contribution in [0, 0.1) is 11.3 Å². The second kappa shape index (κ2) is 8.53. The maximum atomic E-state index is 9.32. The molecule has 0 aromatic carbocycles. The first-order chi connectivity index (χ1) is 10.2. The Kier molecular flexibility index (Phi) is 6.69. The molecule has 110 valence electrons. The summed E-state index contributed by atoms with van der Waals surface area (Å²) in [7, 11) is 0. The van der Waals surface area contributed by atoms with E-state index in [1.807, 2.05) is 23.6 Å². The number of aryl methyl sites for hydroxylation is 1. The van der Waals surface area contributed by atoms with Crippen LogP contribution in [0.3, 0.4) is 0 Å². The molecule has 0 aliphatic rings. The summed E-state index contributed by atoms with van der Waals surface area (Å²) in [6, 6.07) is 8.49. The molecule has 2 rings (SSSR count). The smallest absolute Gasteiger partial charge is 0.101 e. The average Bonchev–Trinajstić information content (AvgIpc) is 3.11. The van der Waals surface area contributed by atoms with E-state index in [-0.39, 0.29) is 0 Å². The zero-order valence-electron chi connectivity index (χ0n) is 12.1. The molecule has 0 aliphatic carbocycles. The van der Waals surface area contributed by atoms with E-state index in [9.17, 15) is 5.26 Å². The van der Waals surface area contributed by atoms with Crippen LogP contribution in [0.25, 0.3) is 11.6 Å². The van der Waals surface area contributed by atoms with Crippen molar-refractivity contribution in [2.45, 2.75) is 39.0 Å². The summed E-state index contributed by atoms with van der Waals surface area (Å²) in [4.78, 5) is 2.18. The molecule has 0 spiro atoms. The lowest BCUT2D eigenvalue weighted by atomic mass is 10.1. The molecule has 2 heterocycles. The molecular formula is C17H18BrNS2. The molecule has 0 saturated carbocycles. The van der Waals surface area contributed by atoms with Crippen molar-refractivity contribution in [1.82, 2.24) is 0 Å². The average molecular weight is 380 g/mol. The minimum atomic E-state index is 0.747. The molecule has 21 heavy (non-hydrogen) atoms. The van der Waals surface area contributed by atoms with E-state index < -0.39 is 0 Å². The van der Waals surface area contributed by atoms with Crippen LogP contribution < -0.4 is 0 Å². The molecule has 0 aliphatic heterocycles. The van der Waals surface area contributed by atoms with E-state index in [0.29, 0.717) is 0 Å². The summed E-state index contributed by atoms with van der Waals surface area (Å²) in [6.45, 7) is 2.23. The Morgan fingerprint density at radius 3 is 2.90 bits per heavy atom. The summed E-state index contributed by atoms with van der Waals surface area (Å²) >= 11 is 6.98. The van der Waals surface area contributed by atoms with Crippen LogP contribution in [0.2, 0.25) is 0 Å². The van der Waals surface area contributed by atoms with Gasteiger partial charge >= 0.3 is 0 Å². The Morgan fingerprint density at radius 1 is 1.38 bits per heavy atom. The Hall–Kier alpha value is -0.890. The van der Waals surface area contributed by atoms with Gasteiger partial charge in [-0.05, 0) is 57.9 Å². The molecule has 0 bridgehead atoms. The van der Waals surface area contributed by atoms with Crippen LogP contribution in [-0.4, -0.2) is 0 Å². The zero-order chi connectivity index (χ0) is 15.1. The van der Waals surface area contributed by atoms with Gasteiger partial charge in [-0.2, -0.15) is 5.26 Å². The van der Waals surface area contributed by atoms with Crippen LogP contribution in [0.1, 0.15) is 47.9 Å². The van der Waals surface area contributed by atoms with Crippen LogP contribution in [-0.2, 0) is 6.42 Å². The number of nitrogens with zero attached hydrogens (tertiary/aromatic N) is 1. The molecule has 2 aromatic heterocycles. The quantitative estimate of drug-likeness (QED) is 0.385. The van der Waals surface area contributed by atoms with Gasteiger partial charge in [0.2, 0.25) is 0 Å². The number of halogens is 1. The summed E-state index contributed by atoms with van der Waals surface area (Å²) in [5, 5.41) is 11.3. The monoisotopic (exact) mass is 379 g/mol. The number of thiophene rings is 2. The van der Waals surface area contributed by atoms with E-state index in [0.717, 1.165) is 21.7 Å². The van der Waals surface area contributed by atoms with Crippen molar-refractivity contribution in [2.75, 3.05) is 0 Å². The maximum Gasteiger partial charge on any atom is 0.101 e. The van der Waals surface area contributed by atoms with Crippen LogP contribution in [0.5, 0.6) is 0 Å². The van der Waals surface area contributed by atoms with Gasteiger partial charge in [-0.25, -0.2) is 0 Å². The molecular weight excluding hydrogens is 362 g/mol. The van der Waals surface area contributed by atoms with Gasteiger partial charge in [0.1, 0.15) is 6.07 Å². The SMILES string of the molecule is CCCCCCc1cc(/C=C(\C#N)c2cccs2)sc1Br. The molecule has 1 nitrogen and oxygen atoms in total. The van der Waals surface area contributed by atoms with E-state index in [1.54, 1.807) is 22.7 Å². The molecule has 0 fully saturated rings. The molecule has 0 saturated heterocycles. The summed E-state index contributed by atoms with van der Waals surface area (Å²) in [5.74, 6) is 0. The third-order valence-corrected chi connectivity index (χ3v) is 6.08. The van der Waals surface area contributed by atoms with Crippen molar-refractivity contribution < 1.29 is 0 Å². The fourth-order valence-corrected chi connectivity index (χ4v) is 4.59. The summed E-state index contributed by atoms with van der Waals surface area (Å²) in [6.07, 6.45) is 8.23. The topological polar surface area (TPSA) is 23.8 Å². The summed E-state index contributed by atoms with van der Waals surface area (Å²) < 4.78 is 1.20. The predicted molar refractivity (Wildman–Crippen MR) is 97.7 cm³/mol. The number of hydrogen-bond acceptors (Lipinski definition) is 3. The van der Waals surface area contributed by atoms with Crippen LogP contribution in [0.4, 0.5) is 0 Å². The lowest BCUT2D eigenvalue weighted by molar-refractivity contribution is 0.667. The fraction of sp³-hybridized carbons (Fsp3) is 0.353. The highest BCUT2D eigenvalue weighted by Crippen LogP contribution is 2.32. The van der Waals surface area contributed by atoms with E-state index >= 15 is 0 Å². The molecule has 0 N–H and O–H groups in total. The Labute approximate surface area is 143 Å². The van der Waals surface area contributed by atoms with Crippen molar-refractivity contribution in [3.8, 4) is 6.07 Å². The molecule has 4 heteroatoms. The van der Waals surface area contributed by atoms with Gasteiger partial charge in [0.25, 0.3) is 0 Å². The van der Waals surface area contributed by atoms with Gasteiger partial charge in [-0.3, -0.25) is 0 Å². The van der Waals surface area contributed by atoms with Crippen LogP contribution >= 0.6 is 38.6 Å². The zero-order valence-corrected chi connectivity index (χ0v) is 15.3. The highest BCUT2D eigenvalue weighted by atomic mass is 79.9. The normalized spacial score (nSPS) is 11.6. The van der Waals surface area contributed by atoms with Gasteiger partial charge in [-0.15, -0.1) is 22.7 Å². The molecule has 0 amide bonds. The van der Waals surface area contributed by atoms with Gasteiger partial charge in [0.05, 0.1) is 9.36 Å². The highest BCUT2D eigenvalue weighted by Gasteiger charge is 2.08. The Morgan fingerprint density at radius 2 is 2.24 bits per heavy atom. The van der Waals surface area contributed by atoms with Gasteiger partial charge < -0.3 is 0 Å². The van der Waals surface area contributed by atoms with Gasteiger partial charge in [-0.1, -0.05) is 32.3 Å². The first-order valence-electron chi connectivity index (χ1n) is 7.18. The number of unbranched alkanes of at least 4 members (excludes halogenated alkanes) is 3. The number of hydrogen-bond donors (Lipinski definition) is 0. The van der Waals surface area contributed by atoms with E-state index in [2.05, 4.69) is 35.0 Å². The second-order valence-corrected chi connectivity index (χ2v) is 8.25. The summed E-state index contributed by atoms with van der Waals surface area (Å²) in [5.41, 5.74) is 2.11. The fourth-order valence-electron chi connectivity index (χ4n) is 2.14. The largest absolute Gasteiger partial charge is 0.192 e. The first kappa shape index (κ1) is 16.5. The van der Waals surface area contributed by atoms with Crippen LogP contribution in [0.15, 0.2) is 27.4 Å². The van der Waals surface area contributed by atoms with E-state index in [1.165, 1.54) is 35.0 Å². The van der Waals surface area contributed by atoms with Crippen molar-refractivity contribution in [2.24, 2.45) is 0 Å². The number of nitriles is 1. The minimum absolute atomic E-state index is 0.747. The third kappa shape index (κ3) is 4.81. The lowest BCUT2D eigenvalue weighted by Gasteiger charge is -1.98. The number of allylic oxidation sites excluding steroid dienone is 1. The predicted octanol–water partition coefficient (Wildman–Crippen LogP) is 6.76. The van der Waals surface area contributed by atoms with Gasteiger partial charge in [0.15, 0.2) is 0 Å². The Bertz CT molecular complexity index is 632. The van der Waals surface area contributed by atoms with Gasteiger partial charge in [0, 0.05) is 9.75 Å². The van der Waals surface area contributed by atoms with E-state index in [4.69, 9.17) is 0 Å². The maximum absolute atomic E-state index is 9.32. The Balaban J connectivity index is 2.09. The van der Waals surface area contributed by atoms with Crippen molar-refractivity contribution >= 4 is 50.3 Å². The second-order valence-electron chi connectivity index (χ2n) is 4.91.